The molecule has 0 spiro atoms. The number of hydrogen-bond acceptors (Lipinski definition) is 6. The van der Waals surface area contributed by atoms with Gasteiger partial charge in [-0.1, -0.05) is 6.92 Å². The average molecular weight is 305 g/mol. The molecule has 0 atom stereocenters. The Balaban J connectivity index is 1.97. The van der Waals surface area contributed by atoms with Crippen LogP contribution < -0.4 is 10.6 Å². The first-order valence-corrected chi connectivity index (χ1v) is 8.36. The molecule has 0 aliphatic heterocycles. The molecule has 2 aromatic heterocycles. The summed E-state index contributed by atoms with van der Waals surface area (Å²) < 4.78 is 0. The molecule has 21 heavy (non-hydrogen) atoms. The van der Waals surface area contributed by atoms with Crippen LogP contribution in [0.3, 0.4) is 0 Å². The zero-order valence-electron chi connectivity index (χ0n) is 12.9. The van der Waals surface area contributed by atoms with Crippen molar-refractivity contribution in [3.05, 3.63) is 28.0 Å². The number of thiazole rings is 1. The van der Waals surface area contributed by atoms with E-state index in [1.165, 1.54) is 0 Å². The van der Waals surface area contributed by atoms with Gasteiger partial charge in [-0.2, -0.15) is 0 Å². The smallest absolute Gasteiger partial charge is 0.133 e. The molecule has 2 heterocycles. The summed E-state index contributed by atoms with van der Waals surface area (Å²) in [4.78, 5) is 13.5. The van der Waals surface area contributed by atoms with Crippen LogP contribution in [0.25, 0.3) is 0 Å². The second kappa shape index (κ2) is 7.93. The van der Waals surface area contributed by atoms with Gasteiger partial charge in [0.15, 0.2) is 0 Å². The molecule has 0 saturated carbocycles. The summed E-state index contributed by atoms with van der Waals surface area (Å²) >= 11 is 1.69. The highest BCUT2D eigenvalue weighted by molar-refractivity contribution is 7.09. The van der Waals surface area contributed by atoms with E-state index in [0.717, 1.165) is 60.5 Å². The molecule has 2 aromatic rings. The van der Waals surface area contributed by atoms with Crippen molar-refractivity contribution in [2.75, 3.05) is 23.7 Å². The Morgan fingerprint density at radius 2 is 1.81 bits per heavy atom. The van der Waals surface area contributed by atoms with Crippen molar-refractivity contribution in [1.29, 1.82) is 0 Å². The lowest BCUT2D eigenvalue weighted by Crippen LogP contribution is -2.10. The fourth-order valence-electron chi connectivity index (χ4n) is 2.04. The zero-order chi connectivity index (χ0) is 15.1. The Morgan fingerprint density at radius 3 is 2.43 bits per heavy atom. The van der Waals surface area contributed by atoms with Crippen molar-refractivity contribution in [3.63, 3.8) is 0 Å². The first kappa shape index (κ1) is 15.7. The number of hydrogen-bond donors (Lipinski definition) is 2. The predicted molar refractivity (Wildman–Crippen MR) is 89.2 cm³/mol. The normalized spacial score (nSPS) is 10.6. The predicted octanol–water partition coefficient (Wildman–Crippen LogP) is 3.28. The average Bonchev–Trinajstić information content (AvgIpc) is 2.85. The first-order chi connectivity index (χ1) is 10.2. The molecule has 2 N–H and O–H groups in total. The van der Waals surface area contributed by atoms with Gasteiger partial charge in [-0.25, -0.2) is 15.0 Å². The highest BCUT2D eigenvalue weighted by Crippen LogP contribution is 2.13. The molecule has 0 radical (unpaired) electrons. The SMILES string of the molecule is CCCc1nc(NCC)cc(NCCc2csc(C)n2)n1. The van der Waals surface area contributed by atoms with E-state index in [0.29, 0.717) is 0 Å². The van der Waals surface area contributed by atoms with Crippen molar-refractivity contribution in [2.24, 2.45) is 0 Å². The Kier molecular flexibility index (Phi) is 5.92. The maximum atomic E-state index is 4.56. The van der Waals surface area contributed by atoms with Crippen molar-refractivity contribution < 1.29 is 0 Å². The van der Waals surface area contributed by atoms with Crippen molar-refractivity contribution in [2.45, 2.75) is 40.0 Å². The number of aromatic nitrogens is 3. The standard InChI is InChI=1S/C15H23N5S/c1-4-6-13-19-14(16-5-2)9-15(20-13)17-8-7-12-10-21-11(3)18-12/h9-10H,4-8H2,1-3H3,(H2,16,17,19,20). The van der Waals surface area contributed by atoms with E-state index in [-0.39, 0.29) is 0 Å². The third kappa shape index (κ3) is 4.97. The number of rotatable bonds is 8. The summed E-state index contributed by atoms with van der Waals surface area (Å²) in [6, 6.07) is 1.97. The topological polar surface area (TPSA) is 62.7 Å². The zero-order valence-corrected chi connectivity index (χ0v) is 13.8. The van der Waals surface area contributed by atoms with Crippen LogP contribution in [0.2, 0.25) is 0 Å². The van der Waals surface area contributed by atoms with E-state index in [9.17, 15) is 0 Å². The van der Waals surface area contributed by atoms with E-state index in [1.54, 1.807) is 11.3 Å². The third-order valence-corrected chi connectivity index (χ3v) is 3.78. The Morgan fingerprint density at radius 1 is 1.05 bits per heavy atom. The molecule has 2 rings (SSSR count). The second-order valence-electron chi connectivity index (χ2n) is 4.87. The van der Waals surface area contributed by atoms with Crippen LogP contribution in [0.4, 0.5) is 11.6 Å². The van der Waals surface area contributed by atoms with Gasteiger partial charge >= 0.3 is 0 Å². The third-order valence-electron chi connectivity index (χ3n) is 2.96. The number of anilines is 2. The van der Waals surface area contributed by atoms with Gasteiger partial charge in [0, 0.05) is 37.4 Å². The van der Waals surface area contributed by atoms with Crippen LogP contribution in [0, 0.1) is 6.92 Å². The van der Waals surface area contributed by atoms with Crippen LogP contribution in [-0.4, -0.2) is 28.0 Å². The Hall–Kier alpha value is -1.69. The lowest BCUT2D eigenvalue weighted by molar-refractivity contribution is 0.832. The van der Waals surface area contributed by atoms with Gasteiger partial charge in [-0.15, -0.1) is 11.3 Å². The lowest BCUT2D eigenvalue weighted by atomic mass is 10.3. The summed E-state index contributed by atoms with van der Waals surface area (Å²) in [6.07, 6.45) is 2.86. The fraction of sp³-hybridized carbons (Fsp3) is 0.533. The number of nitrogens with zero attached hydrogens (tertiary/aromatic N) is 3. The molecule has 0 aliphatic carbocycles. The van der Waals surface area contributed by atoms with Crippen molar-refractivity contribution in [1.82, 2.24) is 15.0 Å². The summed E-state index contributed by atoms with van der Waals surface area (Å²) in [7, 11) is 0. The van der Waals surface area contributed by atoms with Gasteiger partial charge in [-0.3, -0.25) is 0 Å². The Labute approximate surface area is 130 Å². The molecule has 0 aromatic carbocycles. The van der Waals surface area contributed by atoms with Gasteiger partial charge in [0.25, 0.3) is 0 Å². The van der Waals surface area contributed by atoms with Crippen LogP contribution >= 0.6 is 11.3 Å². The van der Waals surface area contributed by atoms with Gasteiger partial charge < -0.3 is 10.6 Å². The molecule has 5 nitrogen and oxygen atoms in total. The minimum absolute atomic E-state index is 0.831. The van der Waals surface area contributed by atoms with E-state index in [2.05, 4.69) is 44.8 Å². The van der Waals surface area contributed by atoms with Crippen LogP contribution in [0.5, 0.6) is 0 Å². The monoisotopic (exact) mass is 305 g/mol. The summed E-state index contributed by atoms with van der Waals surface area (Å²) in [5, 5.41) is 9.86. The highest BCUT2D eigenvalue weighted by atomic mass is 32.1. The summed E-state index contributed by atoms with van der Waals surface area (Å²) in [6.45, 7) is 7.93. The fourth-order valence-corrected chi connectivity index (χ4v) is 2.68. The molecule has 6 heteroatoms. The van der Waals surface area contributed by atoms with Gasteiger partial charge in [-0.05, 0) is 20.3 Å². The molecule has 0 saturated heterocycles. The minimum Gasteiger partial charge on any atom is -0.370 e. The molecular formula is C15H23N5S. The molecule has 0 fully saturated rings. The van der Waals surface area contributed by atoms with Gasteiger partial charge in [0.1, 0.15) is 17.5 Å². The van der Waals surface area contributed by atoms with E-state index in [1.807, 2.05) is 13.0 Å². The molecule has 0 bridgehead atoms. The lowest BCUT2D eigenvalue weighted by Gasteiger charge is -2.10. The summed E-state index contributed by atoms with van der Waals surface area (Å²) in [5.41, 5.74) is 1.14. The largest absolute Gasteiger partial charge is 0.370 e. The van der Waals surface area contributed by atoms with E-state index in [4.69, 9.17) is 0 Å². The molecule has 0 aliphatic rings. The van der Waals surface area contributed by atoms with Crippen LogP contribution in [-0.2, 0) is 12.8 Å². The first-order valence-electron chi connectivity index (χ1n) is 7.48. The van der Waals surface area contributed by atoms with Gasteiger partial charge in [0.05, 0.1) is 10.7 Å². The quantitative estimate of drug-likeness (QED) is 0.783. The Bertz CT molecular complexity index is 543. The van der Waals surface area contributed by atoms with E-state index < -0.39 is 0 Å². The number of aryl methyl sites for hydroxylation is 2. The molecule has 114 valence electrons. The second-order valence-corrected chi connectivity index (χ2v) is 5.93. The minimum atomic E-state index is 0.831. The van der Waals surface area contributed by atoms with Crippen molar-refractivity contribution >= 4 is 23.0 Å². The molecule has 0 unspecified atom stereocenters. The number of nitrogens with one attached hydrogen (secondary N) is 2. The van der Waals surface area contributed by atoms with Crippen LogP contribution in [0.15, 0.2) is 11.4 Å². The highest BCUT2D eigenvalue weighted by Gasteiger charge is 2.04. The molecular weight excluding hydrogens is 282 g/mol. The van der Waals surface area contributed by atoms with Gasteiger partial charge in [0.2, 0.25) is 0 Å². The maximum absolute atomic E-state index is 4.56. The van der Waals surface area contributed by atoms with E-state index >= 15 is 0 Å². The maximum Gasteiger partial charge on any atom is 0.133 e. The van der Waals surface area contributed by atoms with Crippen molar-refractivity contribution in [3.8, 4) is 0 Å². The summed E-state index contributed by atoms with van der Waals surface area (Å²) in [5.74, 6) is 2.67. The molecule has 0 amide bonds. The van der Waals surface area contributed by atoms with Crippen LogP contribution in [0.1, 0.15) is 36.8 Å².